The van der Waals surface area contributed by atoms with Crippen molar-refractivity contribution in [2.75, 3.05) is 20.6 Å². The highest BCUT2D eigenvalue weighted by Gasteiger charge is 2.31. The Bertz CT molecular complexity index is 1370. The van der Waals surface area contributed by atoms with E-state index in [1.54, 1.807) is 0 Å². The first-order chi connectivity index (χ1) is 16.4. The van der Waals surface area contributed by atoms with Gasteiger partial charge >= 0.3 is 6.18 Å². The van der Waals surface area contributed by atoms with Crippen molar-refractivity contribution in [1.82, 2.24) is 25.0 Å². The van der Waals surface area contributed by atoms with Gasteiger partial charge in [-0.2, -0.15) is 13.2 Å². The smallest absolute Gasteiger partial charge is 0.352 e. The highest BCUT2D eigenvalue weighted by atomic mass is 19.4. The van der Waals surface area contributed by atoms with Gasteiger partial charge in [0.1, 0.15) is 5.56 Å². The molecule has 0 aliphatic carbocycles. The van der Waals surface area contributed by atoms with Gasteiger partial charge in [0, 0.05) is 43.8 Å². The third-order valence-electron chi connectivity index (χ3n) is 5.39. The van der Waals surface area contributed by atoms with Crippen LogP contribution in [0.1, 0.15) is 44.0 Å². The SMILES string of the molecule is Cc1c(C(=O)N(C)C)cc(C(=O)NCCCc2c[nH][nH]c2=O)c(=O)n1-c1cccc(C(F)(F)F)c1. The fraction of sp³-hybridized carbons (Fsp3) is 0.304. The number of aryl methyl sites for hydroxylation is 1. The zero-order valence-electron chi connectivity index (χ0n) is 19.2. The van der Waals surface area contributed by atoms with Crippen LogP contribution in [0.2, 0.25) is 0 Å². The van der Waals surface area contributed by atoms with E-state index in [0.717, 1.165) is 28.8 Å². The number of carbonyl (C=O) groups is 2. The van der Waals surface area contributed by atoms with Gasteiger partial charge in [0.15, 0.2) is 0 Å². The molecule has 3 aromatic rings. The van der Waals surface area contributed by atoms with Crippen molar-refractivity contribution in [3.8, 4) is 5.69 Å². The third kappa shape index (κ3) is 5.53. The molecule has 0 aliphatic rings. The molecule has 0 radical (unpaired) electrons. The Morgan fingerprint density at radius 1 is 1.11 bits per heavy atom. The van der Waals surface area contributed by atoms with Gasteiger partial charge in [0.2, 0.25) is 0 Å². The molecule has 35 heavy (non-hydrogen) atoms. The topological polar surface area (TPSA) is 120 Å². The van der Waals surface area contributed by atoms with Gasteiger partial charge in [-0.15, -0.1) is 0 Å². The van der Waals surface area contributed by atoms with Gasteiger partial charge in [-0.1, -0.05) is 6.07 Å². The molecule has 3 N–H and O–H groups in total. The maximum atomic E-state index is 13.3. The van der Waals surface area contributed by atoms with Crippen molar-refractivity contribution < 1.29 is 22.8 Å². The van der Waals surface area contributed by atoms with E-state index in [4.69, 9.17) is 0 Å². The Hall–Kier alpha value is -4.09. The van der Waals surface area contributed by atoms with Crippen LogP contribution in [-0.2, 0) is 12.6 Å². The van der Waals surface area contributed by atoms with Crippen LogP contribution in [0.3, 0.4) is 0 Å². The van der Waals surface area contributed by atoms with Gasteiger partial charge < -0.3 is 15.3 Å². The second-order valence-electron chi connectivity index (χ2n) is 8.07. The summed E-state index contributed by atoms with van der Waals surface area (Å²) in [5.74, 6) is -1.31. The molecular weight excluding hydrogens is 467 g/mol. The number of amides is 2. The monoisotopic (exact) mass is 491 g/mol. The minimum atomic E-state index is -4.65. The zero-order valence-corrected chi connectivity index (χ0v) is 19.2. The fourth-order valence-electron chi connectivity index (χ4n) is 3.55. The Labute approximate surface area is 197 Å². The van der Waals surface area contributed by atoms with E-state index in [-0.39, 0.29) is 29.0 Å². The number of rotatable bonds is 7. The Morgan fingerprint density at radius 3 is 2.43 bits per heavy atom. The number of carbonyl (C=O) groups excluding carboxylic acids is 2. The number of aromatic nitrogens is 3. The van der Waals surface area contributed by atoms with Crippen LogP contribution in [0.4, 0.5) is 13.2 Å². The van der Waals surface area contributed by atoms with Crippen molar-refractivity contribution in [1.29, 1.82) is 0 Å². The number of hydrogen-bond donors (Lipinski definition) is 3. The molecule has 0 saturated carbocycles. The molecule has 2 amide bonds. The first-order valence-electron chi connectivity index (χ1n) is 10.6. The van der Waals surface area contributed by atoms with Crippen molar-refractivity contribution in [2.45, 2.75) is 25.9 Å². The van der Waals surface area contributed by atoms with Crippen LogP contribution >= 0.6 is 0 Å². The van der Waals surface area contributed by atoms with E-state index < -0.39 is 34.7 Å². The number of halogens is 3. The largest absolute Gasteiger partial charge is 0.416 e. The molecule has 0 saturated heterocycles. The maximum absolute atomic E-state index is 13.3. The summed E-state index contributed by atoms with van der Waals surface area (Å²) >= 11 is 0. The van der Waals surface area contributed by atoms with E-state index in [2.05, 4.69) is 15.5 Å². The van der Waals surface area contributed by atoms with Crippen LogP contribution < -0.4 is 16.4 Å². The number of H-pyrrole nitrogens is 2. The molecule has 186 valence electrons. The Morgan fingerprint density at radius 2 is 1.83 bits per heavy atom. The van der Waals surface area contributed by atoms with Crippen molar-refractivity contribution in [2.24, 2.45) is 0 Å². The summed E-state index contributed by atoms with van der Waals surface area (Å²) in [7, 11) is 2.95. The summed E-state index contributed by atoms with van der Waals surface area (Å²) < 4.78 is 40.7. The minimum Gasteiger partial charge on any atom is -0.352 e. The second-order valence-corrected chi connectivity index (χ2v) is 8.07. The lowest BCUT2D eigenvalue weighted by molar-refractivity contribution is -0.137. The molecule has 0 unspecified atom stereocenters. The molecule has 2 heterocycles. The number of nitrogens with one attached hydrogen (secondary N) is 3. The van der Waals surface area contributed by atoms with Crippen molar-refractivity contribution in [3.05, 3.63) is 85.2 Å². The molecule has 1 aromatic carbocycles. The normalized spacial score (nSPS) is 11.4. The molecule has 0 bridgehead atoms. The molecule has 0 aliphatic heterocycles. The number of alkyl halides is 3. The van der Waals surface area contributed by atoms with Gasteiger partial charge in [-0.05, 0) is 44.0 Å². The quantitative estimate of drug-likeness (QED) is 0.439. The fourth-order valence-corrected chi connectivity index (χ4v) is 3.55. The summed E-state index contributed by atoms with van der Waals surface area (Å²) in [6.45, 7) is 1.55. The molecule has 0 fully saturated rings. The van der Waals surface area contributed by atoms with Crippen molar-refractivity contribution >= 4 is 11.8 Å². The first-order valence-corrected chi connectivity index (χ1v) is 10.6. The molecule has 3 rings (SSSR count). The van der Waals surface area contributed by atoms with E-state index in [1.807, 2.05) is 0 Å². The van der Waals surface area contributed by atoms with Gasteiger partial charge in [-0.25, -0.2) is 0 Å². The first kappa shape index (κ1) is 25.5. The second kappa shape index (κ2) is 10.0. The number of nitrogens with zero attached hydrogens (tertiary/aromatic N) is 2. The highest BCUT2D eigenvalue weighted by molar-refractivity contribution is 6.00. The van der Waals surface area contributed by atoms with Crippen LogP contribution in [0.15, 0.2) is 46.1 Å². The summed E-state index contributed by atoms with van der Waals surface area (Å²) in [5.41, 5.74) is -2.04. The lowest BCUT2D eigenvalue weighted by Crippen LogP contribution is -2.36. The lowest BCUT2D eigenvalue weighted by Gasteiger charge is -2.19. The summed E-state index contributed by atoms with van der Waals surface area (Å²) in [4.78, 5) is 51.6. The average Bonchev–Trinajstić information content (AvgIpc) is 3.20. The number of aromatic amines is 2. The van der Waals surface area contributed by atoms with Gasteiger partial charge in [0.25, 0.3) is 22.9 Å². The van der Waals surface area contributed by atoms with Crippen molar-refractivity contribution in [3.63, 3.8) is 0 Å². The molecule has 12 heteroatoms. The number of hydrogen-bond acceptors (Lipinski definition) is 4. The lowest BCUT2D eigenvalue weighted by atomic mass is 10.1. The minimum absolute atomic E-state index is 0.00369. The molecular formula is C23H24F3N5O4. The van der Waals surface area contributed by atoms with Crippen LogP contribution in [0.25, 0.3) is 5.69 Å². The van der Waals surface area contributed by atoms with Crippen LogP contribution in [0, 0.1) is 6.92 Å². The summed E-state index contributed by atoms with van der Waals surface area (Å²) in [6.07, 6.45) is -2.38. The predicted octanol–water partition coefficient (Wildman–Crippen LogP) is 2.25. The van der Waals surface area contributed by atoms with E-state index in [9.17, 15) is 32.3 Å². The van der Waals surface area contributed by atoms with E-state index in [1.165, 1.54) is 38.2 Å². The van der Waals surface area contributed by atoms with E-state index in [0.29, 0.717) is 18.4 Å². The third-order valence-corrected chi connectivity index (χ3v) is 5.39. The Balaban J connectivity index is 2.00. The molecule has 0 spiro atoms. The predicted molar refractivity (Wildman–Crippen MR) is 122 cm³/mol. The summed E-state index contributed by atoms with van der Waals surface area (Å²) in [5, 5.41) is 7.54. The van der Waals surface area contributed by atoms with E-state index >= 15 is 0 Å². The average molecular weight is 491 g/mol. The molecule has 0 atom stereocenters. The molecule has 9 nitrogen and oxygen atoms in total. The van der Waals surface area contributed by atoms with Gasteiger partial charge in [0.05, 0.1) is 11.1 Å². The Kier molecular flexibility index (Phi) is 7.32. The molecule has 2 aromatic heterocycles. The zero-order chi connectivity index (χ0) is 25.9. The standard InChI is InChI=1S/C23H24F3N5O4/c1-13-17(21(34)30(2)3)11-18(20(33)27-9-5-6-14-12-28-29-19(14)32)22(35)31(13)16-8-4-7-15(10-16)23(24,25)26/h4,7-8,10-12H,5-6,9H2,1-3H3,(H,27,33)(H2,28,29,32). The van der Waals surface area contributed by atoms with Crippen LogP contribution in [-0.4, -0.2) is 52.1 Å². The maximum Gasteiger partial charge on any atom is 0.416 e. The summed E-state index contributed by atoms with van der Waals surface area (Å²) in [6, 6.07) is 5.24. The van der Waals surface area contributed by atoms with Gasteiger partial charge in [-0.3, -0.25) is 28.8 Å². The number of pyridine rings is 1. The van der Waals surface area contributed by atoms with Crippen LogP contribution in [0.5, 0.6) is 0 Å². The number of benzene rings is 1. The highest BCUT2D eigenvalue weighted by Crippen LogP contribution is 2.30.